The monoisotopic (exact) mass is 331 g/mol. The standard InChI is InChI=1S/C13H15BrClNO2/c14-11-5-10(6-12(15)7-11)13(17)16-8-9-1-3-18-4-2-9/h5-7,9H,1-4,8H2,(H,16,17). The molecule has 1 heterocycles. The van der Waals surface area contributed by atoms with Crippen LogP contribution in [-0.4, -0.2) is 25.7 Å². The summed E-state index contributed by atoms with van der Waals surface area (Å²) in [4.78, 5) is 12.0. The highest BCUT2D eigenvalue weighted by Gasteiger charge is 2.15. The molecular formula is C13H15BrClNO2. The summed E-state index contributed by atoms with van der Waals surface area (Å²) >= 11 is 9.24. The highest BCUT2D eigenvalue weighted by molar-refractivity contribution is 9.10. The Labute approximate surface area is 120 Å². The van der Waals surface area contributed by atoms with E-state index < -0.39 is 0 Å². The number of hydrogen-bond acceptors (Lipinski definition) is 2. The summed E-state index contributed by atoms with van der Waals surface area (Å²) in [6.07, 6.45) is 2.03. The molecule has 0 atom stereocenters. The lowest BCUT2D eigenvalue weighted by Gasteiger charge is -2.22. The van der Waals surface area contributed by atoms with Crippen LogP contribution in [0.4, 0.5) is 0 Å². The van der Waals surface area contributed by atoms with Gasteiger partial charge in [-0.3, -0.25) is 4.79 Å². The molecule has 1 amide bonds. The molecule has 0 aliphatic carbocycles. The second-order valence-electron chi connectivity index (χ2n) is 4.42. The lowest BCUT2D eigenvalue weighted by atomic mass is 10.0. The number of nitrogens with one attached hydrogen (secondary N) is 1. The molecule has 18 heavy (non-hydrogen) atoms. The molecule has 1 aromatic carbocycles. The van der Waals surface area contributed by atoms with Crippen LogP contribution in [0, 0.1) is 5.92 Å². The zero-order valence-corrected chi connectivity index (χ0v) is 12.3. The molecule has 3 nitrogen and oxygen atoms in total. The van der Waals surface area contributed by atoms with Gasteiger partial charge in [0.05, 0.1) is 0 Å². The van der Waals surface area contributed by atoms with Crippen LogP contribution >= 0.6 is 27.5 Å². The van der Waals surface area contributed by atoms with E-state index in [2.05, 4.69) is 21.2 Å². The van der Waals surface area contributed by atoms with Crippen LogP contribution in [0.25, 0.3) is 0 Å². The third kappa shape index (κ3) is 3.97. The van der Waals surface area contributed by atoms with E-state index in [0.717, 1.165) is 30.5 Å². The number of hydrogen-bond donors (Lipinski definition) is 1. The second kappa shape index (κ2) is 6.55. The van der Waals surface area contributed by atoms with E-state index in [1.165, 1.54) is 0 Å². The molecule has 2 rings (SSSR count). The Bertz CT molecular complexity index is 413. The smallest absolute Gasteiger partial charge is 0.251 e. The first kappa shape index (κ1) is 13.8. The molecular weight excluding hydrogens is 318 g/mol. The fourth-order valence-corrected chi connectivity index (χ4v) is 2.83. The molecule has 98 valence electrons. The molecule has 0 radical (unpaired) electrons. The summed E-state index contributed by atoms with van der Waals surface area (Å²) in [5.41, 5.74) is 0.585. The van der Waals surface area contributed by atoms with Gasteiger partial charge in [-0.1, -0.05) is 27.5 Å². The summed E-state index contributed by atoms with van der Waals surface area (Å²) in [6.45, 7) is 2.29. The van der Waals surface area contributed by atoms with Crippen LogP contribution in [-0.2, 0) is 4.74 Å². The maximum atomic E-state index is 12.0. The Balaban J connectivity index is 1.90. The molecule has 1 fully saturated rings. The van der Waals surface area contributed by atoms with E-state index in [-0.39, 0.29) is 5.91 Å². The third-order valence-electron chi connectivity index (χ3n) is 3.02. The number of amides is 1. The van der Waals surface area contributed by atoms with Crippen molar-refractivity contribution in [2.45, 2.75) is 12.8 Å². The van der Waals surface area contributed by atoms with Crippen molar-refractivity contribution in [3.8, 4) is 0 Å². The topological polar surface area (TPSA) is 38.3 Å². The Morgan fingerprint density at radius 2 is 2.11 bits per heavy atom. The van der Waals surface area contributed by atoms with Crippen molar-refractivity contribution in [3.05, 3.63) is 33.3 Å². The highest BCUT2D eigenvalue weighted by Crippen LogP contribution is 2.20. The quantitative estimate of drug-likeness (QED) is 0.922. The largest absolute Gasteiger partial charge is 0.381 e. The zero-order valence-electron chi connectivity index (χ0n) is 9.92. The molecule has 1 aliphatic heterocycles. The lowest BCUT2D eigenvalue weighted by molar-refractivity contribution is 0.0642. The minimum Gasteiger partial charge on any atom is -0.381 e. The summed E-state index contributed by atoms with van der Waals surface area (Å²) in [5.74, 6) is 0.440. The number of rotatable bonds is 3. The number of benzene rings is 1. The molecule has 1 N–H and O–H groups in total. The van der Waals surface area contributed by atoms with Crippen molar-refractivity contribution in [2.24, 2.45) is 5.92 Å². The van der Waals surface area contributed by atoms with Gasteiger partial charge in [0.15, 0.2) is 0 Å². The predicted octanol–water partition coefficient (Wildman–Crippen LogP) is 3.26. The van der Waals surface area contributed by atoms with E-state index in [9.17, 15) is 4.79 Å². The van der Waals surface area contributed by atoms with Gasteiger partial charge in [0, 0.05) is 34.8 Å². The number of carbonyl (C=O) groups excluding carboxylic acids is 1. The lowest BCUT2D eigenvalue weighted by Crippen LogP contribution is -2.32. The SMILES string of the molecule is O=C(NCC1CCOCC1)c1cc(Cl)cc(Br)c1. The highest BCUT2D eigenvalue weighted by atomic mass is 79.9. The van der Waals surface area contributed by atoms with Crippen LogP contribution in [0.3, 0.4) is 0 Å². The molecule has 0 bridgehead atoms. The maximum absolute atomic E-state index is 12.0. The zero-order chi connectivity index (χ0) is 13.0. The number of halogens is 2. The summed E-state index contributed by atoms with van der Waals surface area (Å²) < 4.78 is 6.10. The van der Waals surface area contributed by atoms with Crippen LogP contribution in [0.5, 0.6) is 0 Å². The minimum atomic E-state index is -0.0790. The molecule has 0 spiro atoms. The fourth-order valence-electron chi connectivity index (χ4n) is 1.97. The van der Waals surface area contributed by atoms with Crippen molar-refractivity contribution in [3.63, 3.8) is 0 Å². The van der Waals surface area contributed by atoms with Crippen molar-refractivity contribution < 1.29 is 9.53 Å². The Hall–Kier alpha value is -0.580. The van der Waals surface area contributed by atoms with Gasteiger partial charge in [-0.15, -0.1) is 0 Å². The molecule has 0 aromatic heterocycles. The number of ether oxygens (including phenoxy) is 1. The van der Waals surface area contributed by atoms with Crippen molar-refractivity contribution in [2.75, 3.05) is 19.8 Å². The van der Waals surface area contributed by atoms with Gasteiger partial charge in [-0.25, -0.2) is 0 Å². The first-order chi connectivity index (χ1) is 8.65. The van der Waals surface area contributed by atoms with E-state index in [1.54, 1.807) is 18.2 Å². The summed E-state index contributed by atoms with van der Waals surface area (Å²) in [7, 11) is 0. The van der Waals surface area contributed by atoms with Gasteiger partial charge in [-0.05, 0) is 37.0 Å². The second-order valence-corrected chi connectivity index (χ2v) is 5.78. The van der Waals surface area contributed by atoms with Crippen molar-refractivity contribution in [1.82, 2.24) is 5.32 Å². The first-order valence-electron chi connectivity index (χ1n) is 5.97. The average Bonchev–Trinajstić information content (AvgIpc) is 2.36. The molecule has 0 unspecified atom stereocenters. The number of carbonyl (C=O) groups is 1. The fraction of sp³-hybridized carbons (Fsp3) is 0.462. The minimum absolute atomic E-state index is 0.0790. The summed E-state index contributed by atoms with van der Waals surface area (Å²) in [6, 6.07) is 5.20. The van der Waals surface area contributed by atoms with Crippen LogP contribution in [0.15, 0.2) is 22.7 Å². The maximum Gasteiger partial charge on any atom is 0.251 e. The molecule has 1 aromatic rings. The summed E-state index contributed by atoms with van der Waals surface area (Å²) in [5, 5.41) is 3.51. The molecule has 0 saturated carbocycles. The molecule has 5 heteroatoms. The van der Waals surface area contributed by atoms with Gasteiger partial charge >= 0.3 is 0 Å². The van der Waals surface area contributed by atoms with Crippen LogP contribution in [0.1, 0.15) is 23.2 Å². The van der Waals surface area contributed by atoms with Gasteiger partial charge in [-0.2, -0.15) is 0 Å². The Morgan fingerprint density at radius 3 is 2.78 bits per heavy atom. The van der Waals surface area contributed by atoms with Crippen LogP contribution in [0.2, 0.25) is 5.02 Å². The van der Waals surface area contributed by atoms with Gasteiger partial charge in [0.2, 0.25) is 0 Å². The molecule has 1 saturated heterocycles. The Kier molecular flexibility index (Phi) is 5.03. The van der Waals surface area contributed by atoms with Gasteiger partial charge < -0.3 is 10.1 Å². The third-order valence-corrected chi connectivity index (χ3v) is 3.69. The van der Waals surface area contributed by atoms with Crippen molar-refractivity contribution in [1.29, 1.82) is 0 Å². The van der Waals surface area contributed by atoms with E-state index in [1.807, 2.05) is 0 Å². The first-order valence-corrected chi connectivity index (χ1v) is 7.14. The predicted molar refractivity (Wildman–Crippen MR) is 75.0 cm³/mol. The van der Waals surface area contributed by atoms with E-state index in [0.29, 0.717) is 23.0 Å². The molecule has 1 aliphatic rings. The van der Waals surface area contributed by atoms with Gasteiger partial charge in [0.1, 0.15) is 0 Å². The van der Waals surface area contributed by atoms with Crippen molar-refractivity contribution >= 4 is 33.4 Å². The van der Waals surface area contributed by atoms with Crippen LogP contribution < -0.4 is 5.32 Å². The average molecular weight is 333 g/mol. The Morgan fingerprint density at radius 1 is 1.39 bits per heavy atom. The van der Waals surface area contributed by atoms with E-state index >= 15 is 0 Å². The van der Waals surface area contributed by atoms with E-state index in [4.69, 9.17) is 16.3 Å². The van der Waals surface area contributed by atoms with Gasteiger partial charge in [0.25, 0.3) is 5.91 Å². The normalized spacial score (nSPS) is 16.6.